The van der Waals surface area contributed by atoms with Crippen LogP contribution in [0, 0.1) is 6.92 Å². The molecule has 0 amide bonds. The molecule has 0 N–H and O–H groups in total. The van der Waals surface area contributed by atoms with E-state index in [9.17, 15) is 8.42 Å². The first-order chi connectivity index (χ1) is 9.09. The number of hydrogen-bond acceptors (Lipinski definition) is 4. The van der Waals surface area contributed by atoms with E-state index in [-0.39, 0.29) is 6.54 Å². The molecule has 1 aromatic carbocycles. The Kier molecular flexibility index (Phi) is 2.91. The molecule has 5 nitrogen and oxygen atoms in total. The zero-order chi connectivity index (χ0) is 13.5. The summed E-state index contributed by atoms with van der Waals surface area (Å²) in [6.45, 7) is 2.60. The van der Waals surface area contributed by atoms with Crippen LogP contribution in [0.3, 0.4) is 0 Å². The van der Waals surface area contributed by atoms with Gasteiger partial charge in [0.05, 0.1) is 17.1 Å². The summed E-state index contributed by atoms with van der Waals surface area (Å²) in [5.41, 5.74) is 1.89. The SMILES string of the molecule is Cc1noc2c1CCN(S(=O)(=O)c1ccccc1)C2. The molecule has 0 aliphatic carbocycles. The number of hydrogen-bond donors (Lipinski definition) is 0. The van der Waals surface area contributed by atoms with Gasteiger partial charge in [0.2, 0.25) is 10.0 Å². The summed E-state index contributed by atoms with van der Waals surface area (Å²) in [4.78, 5) is 0.315. The molecule has 0 unspecified atom stereocenters. The Bertz CT molecular complexity index is 692. The number of rotatable bonds is 2. The lowest BCUT2D eigenvalue weighted by Gasteiger charge is -2.24. The lowest BCUT2D eigenvalue weighted by atomic mass is 10.1. The van der Waals surface area contributed by atoms with Crippen molar-refractivity contribution in [2.75, 3.05) is 6.54 Å². The van der Waals surface area contributed by atoms with E-state index < -0.39 is 10.0 Å². The molecule has 6 heteroatoms. The quantitative estimate of drug-likeness (QED) is 0.839. The van der Waals surface area contributed by atoms with E-state index in [1.54, 1.807) is 30.3 Å². The predicted octanol–water partition coefficient (Wildman–Crippen LogP) is 1.73. The third-order valence-corrected chi connectivity index (χ3v) is 5.24. The summed E-state index contributed by atoms with van der Waals surface area (Å²) in [6.07, 6.45) is 0.650. The van der Waals surface area contributed by atoms with Gasteiger partial charge in [-0.3, -0.25) is 0 Å². The van der Waals surface area contributed by atoms with Gasteiger partial charge in [-0.15, -0.1) is 0 Å². The fourth-order valence-electron chi connectivity index (χ4n) is 2.30. The van der Waals surface area contributed by atoms with Crippen molar-refractivity contribution in [2.24, 2.45) is 0 Å². The first kappa shape index (κ1) is 12.4. The lowest BCUT2D eigenvalue weighted by Crippen LogP contribution is -2.35. The molecule has 1 aromatic heterocycles. The van der Waals surface area contributed by atoms with Crippen molar-refractivity contribution in [3.05, 3.63) is 47.3 Å². The average molecular weight is 278 g/mol. The van der Waals surface area contributed by atoms with Gasteiger partial charge < -0.3 is 4.52 Å². The predicted molar refractivity (Wildman–Crippen MR) is 69.0 cm³/mol. The molecule has 2 heterocycles. The molecule has 0 saturated heterocycles. The van der Waals surface area contributed by atoms with Gasteiger partial charge in [0.15, 0.2) is 5.76 Å². The molecule has 100 valence electrons. The summed E-state index contributed by atoms with van der Waals surface area (Å²) in [6, 6.07) is 8.46. The largest absolute Gasteiger partial charge is 0.359 e. The summed E-state index contributed by atoms with van der Waals surface area (Å²) >= 11 is 0. The van der Waals surface area contributed by atoms with E-state index in [1.165, 1.54) is 4.31 Å². The Hall–Kier alpha value is -1.66. The maximum absolute atomic E-state index is 12.5. The van der Waals surface area contributed by atoms with Gasteiger partial charge >= 0.3 is 0 Å². The van der Waals surface area contributed by atoms with Gasteiger partial charge in [0.1, 0.15) is 0 Å². The normalized spacial score (nSPS) is 16.3. The maximum atomic E-state index is 12.5. The van der Waals surface area contributed by atoms with Crippen LogP contribution >= 0.6 is 0 Å². The van der Waals surface area contributed by atoms with Crippen LogP contribution in [0.5, 0.6) is 0 Å². The van der Waals surface area contributed by atoms with Crippen LogP contribution in [-0.2, 0) is 23.0 Å². The molecule has 0 atom stereocenters. The van der Waals surface area contributed by atoms with Gasteiger partial charge in [-0.1, -0.05) is 23.4 Å². The van der Waals surface area contributed by atoms with Gasteiger partial charge in [-0.2, -0.15) is 4.31 Å². The molecule has 0 fully saturated rings. The molecular weight excluding hydrogens is 264 g/mol. The van der Waals surface area contributed by atoms with Gasteiger partial charge in [-0.25, -0.2) is 8.42 Å². The van der Waals surface area contributed by atoms with Crippen molar-refractivity contribution >= 4 is 10.0 Å². The summed E-state index contributed by atoms with van der Waals surface area (Å²) in [5, 5.41) is 3.89. The fourth-order valence-corrected chi connectivity index (χ4v) is 3.72. The Morgan fingerprint density at radius 1 is 1.26 bits per heavy atom. The Morgan fingerprint density at radius 2 is 2.00 bits per heavy atom. The molecule has 3 rings (SSSR count). The third-order valence-electron chi connectivity index (χ3n) is 3.38. The topological polar surface area (TPSA) is 63.4 Å². The zero-order valence-corrected chi connectivity index (χ0v) is 11.4. The van der Waals surface area contributed by atoms with E-state index in [0.717, 1.165) is 11.3 Å². The molecule has 1 aliphatic heterocycles. The van der Waals surface area contributed by atoms with Crippen LogP contribution in [0.2, 0.25) is 0 Å². The molecule has 0 saturated carbocycles. The Morgan fingerprint density at radius 3 is 2.74 bits per heavy atom. The van der Waals surface area contributed by atoms with Crippen LogP contribution in [0.25, 0.3) is 0 Å². The molecule has 0 bridgehead atoms. The van der Waals surface area contributed by atoms with Crippen LogP contribution in [0.15, 0.2) is 39.8 Å². The number of sulfonamides is 1. The monoisotopic (exact) mass is 278 g/mol. The van der Waals surface area contributed by atoms with Crippen molar-refractivity contribution in [1.29, 1.82) is 0 Å². The molecule has 19 heavy (non-hydrogen) atoms. The number of nitrogens with zero attached hydrogens (tertiary/aromatic N) is 2. The van der Waals surface area contributed by atoms with E-state index in [4.69, 9.17) is 4.52 Å². The summed E-state index contributed by atoms with van der Waals surface area (Å²) in [7, 11) is -3.45. The van der Waals surface area contributed by atoms with Crippen LogP contribution < -0.4 is 0 Å². The standard InChI is InChI=1S/C13H14N2O3S/c1-10-12-7-8-15(9-13(12)18-14-10)19(16,17)11-5-3-2-4-6-11/h2-6H,7-9H2,1H3. The highest BCUT2D eigenvalue weighted by Gasteiger charge is 2.31. The Labute approximate surface area is 111 Å². The summed E-state index contributed by atoms with van der Waals surface area (Å²) in [5.74, 6) is 0.656. The van der Waals surface area contributed by atoms with Crippen molar-refractivity contribution < 1.29 is 12.9 Å². The number of aryl methyl sites for hydroxylation is 1. The molecule has 0 spiro atoms. The summed E-state index contributed by atoms with van der Waals surface area (Å²) < 4.78 is 31.6. The van der Waals surface area contributed by atoms with Gasteiger partial charge in [0.25, 0.3) is 0 Å². The van der Waals surface area contributed by atoms with Gasteiger partial charge in [0, 0.05) is 12.1 Å². The fraction of sp³-hybridized carbons (Fsp3) is 0.308. The molecular formula is C13H14N2O3S. The number of fused-ring (bicyclic) bond motifs is 1. The van der Waals surface area contributed by atoms with Crippen molar-refractivity contribution in [2.45, 2.75) is 24.8 Å². The molecule has 0 radical (unpaired) electrons. The smallest absolute Gasteiger partial charge is 0.243 e. The number of benzene rings is 1. The maximum Gasteiger partial charge on any atom is 0.243 e. The third kappa shape index (κ3) is 2.06. The van der Waals surface area contributed by atoms with Crippen molar-refractivity contribution in [3.8, 4) is 0 Å². The van der Waals surface area contributed by atoms with Gasteiger partial charge in [-0.05, 0) is 25.5 Å². The molecule has 1 aliphatic rings. The van der Waals surface area contributed by atoms with Crippen LogP contribution in [-0.4, -0.2) is 24.4 Å². The first-order valence-corrected chi connectivity index (χ1v) is 7.52. The van der Waals surface area contributed by atoms with E-state index in [0.29, 0.717) is 23.6 Å². The highest BCUT2D eigenvalue weighted by Crippen LogP contribution is 2.26. The number of aromatic nitrogens is 1. The Balaban J connectivity index is 1.93. The van der Waals surface area contributed by atoms with Crippen molar-refractivity contribution in [3.63, 3.8) is 0 Å². The highest BCUT2D eigenvalue weighted by atomic mass is 32.2. The first-order valence-electron chi connectivity index (χ1n) is 6.08. The van der Waals surface area contributed by atoms with E-state index in [2.05, 4.69) is 5.16 Å². The van der Waals surface area contributed by atoms with Crippen LogP contribution in [0.4, 0.5) is 0 Å². The minimum Gasteiger partial charge on any atom is -0.359 e. The average Bonchev–Trinajstić information content (AvgIpc) is 2.81. The zero-order valence-electron chi connectivity index (χ0n) is 10.5. The molecule has 2 aromatic rings. The lowest BCUT2D eigenvalue weighted by molar-refractivity contribution is 0.307. The minimum atomic E-state index is -3.45. The van der Waals surface area contributed by atoms with Crippen LogP contribution in [0.1, 0.15) is 17.0 Å². The second kappa shape index (κ2) is 4.47. The second-order valence-corrected chi connectivity index (χ2v) is 6.51. The van der Waals surface area contributed by atoms with E-state index in [1.807, 2.05) is 6.92 Å². The second-order valence-electron chi connectivity index (χ2n) is 4.57. The minimum absolute atomic E-state index is 0.257. The van der Waals surface area contributed by atoms with E-state index >= 15 is 0 Å². The van der Waals surface area contributed by atoms with Crippen molar-refractivity contribution in [1.82, 2.24) is 9.46 Å². The highest BCUT2D eigenvalue weighted by molar-refractivity contribution is 7.89.